The van der Waals surface area contributed by atoms with Gasteiger partial charge < -0.3 is 14.8 Å². The van der Waals surface area contributed by atoms with Crippen molar-refractivity contribution < 1.29 is 28.7 Å². The Morgan fingerprint density at radius 2 is 1.39 bits per heavy atom. The standard InChI is InChI=1S/C27H33N3O6/c1-26(2,3)35-17-21(24(33)36-27(4,5)6)28-25(34)29(16-18-12-8-7-9-13-18)30-22(31)19-14-10-11-15-20(19)23(30)32/h7-15,21H,16-17H2,1-6H3,(H,28,34)/t21-/m0/s1. The fourth-order valence-electron chi connectivity index (χ4n) is 3.48. The number of hydrazine groups is 1. The SMILES string of the molecule is CC(C)(C)OC[C@H](NC(=O)N(Cc1ccccc1)N1C(=O)c2ccccc2C1=O)C(=O)OC(C)(C)C. The van der Waals surface area contributed by atoms with Crippen molar-refractivity contribution in [2.75, 3.05) is 6.61 Å². The van der Waals surface area contributed by atoms with Crippen LogP contribution in [0.3, 0.4) is 0 Å². The molecule has 2 aromatic carbocycles. The number of urea groups is 1. The van der Waals surface area contributed by atoms with Crippen LogP contribution in [0.2, 0.25) is 0 Å². The maximum absolute atomic E-state index is 13.6. The second-order valence-electron chi connectivity index (χ2n) is 10.5. The second kappa shape index (κ2) is 10.5. The van der Waals surface area contributed by atoms with Crippen molar-refractivity contribution in [3.8, 4) is 0 Å². The number of imide groups is 1. The summed E-state index contributed by atoms with van der Waals surface area (Å²) in [5, 5.41) is 4.44. The number of hydrogen-bond acceptors (Lipinski definition) is 6. The summed E-state index contributed by atoms with van der Waals surface area (Å²) in [5.74, 6) is -1.94. The summed E-state index contributed by atoms with van der Waals surface area (Å²) in [7, 11) is 0. The summed E-state index contributed by atoms with van der Waals surface area (Å²) in [6.45, 7) is 10.4. The molecule has 0 spiro atoms. The van der Waals surface area contributed by atoms with Crippen molar-refractivity contribution in [2.24, 2.45) is 0 Å². The zero-order chi connectivity index (χ0) is 26.7. The molecule has 1 N–H and O–H groups in total. The molecule has 3 rings (SSSR count). The number of amides is 4. The van der Waals surface area contributed by atoms with Crippen LogP contribution in [0.25, 0.3) is 0 Å². The van der Waals surface area contributed by atoms with E-state index in [1.807, 2.05) is 26.8 Å². The van der Waals surface area contributed by atoms with E-state index < -0.39 is 41.1 Å². The first-order valence-corrected chi connectivity index (χ1v) is 11.7. The van der Waals surface area contributed by atoms with E-state index >= 15 is 0 Å². The first-order chi connectivity index (χ1) is 16.8. The van der Waals surface area contributed by atoms with E-state index in [9.17, 15) is 19.2 Å². The highest BCUT2D eigenvalue weighted by Crippen LogP contribution is 2.25. The lowest BCUT2D eigenvalue weighted by Gasteiger charge is -2.32. The van der Waals surface area contributed by atoms with Crippen LogP contribution in [-0.4, -0.2) is 57.7 Å². The molecule has 1 atom stereocenters. The van der Waals surface area contributed by atoms with Gasteiger partial charge >= 0.3 is 12.0 Å². The molecular weight excluding hydrogens is 462 g/mol. The molecule has 36 heavy (non-hydrogen) atoms. The third kappa shape index (κ3) is 6.69. The molecule has 9 nitrogen and oxygen atoms in total. The molecule has 0 unspecified atom stereocenters. The van der Waals surface area contributed by atoms with Crippen LogP contribution in [0, 0.1) is 0 Å². The third-order valence-corrected chi connectivity index (χ3v) is 5.10. The second-order valence-corrected chi connectivity index (χ2v) is 10.5. The first-order valence-electron chi connectivity index (χ1n) is 11.7. The third-order valence-electron chi connectivity index (χ3n) is 5.10. The van der Waals surface area contributed by atoms with E-state index in [4.69, 9.17) is 9.47 Å². The van der Waals surface area contributed by atoms with Crippen molar-refractivity contribution in [3.63, 3.8) is 0 Å². The van der Waals surface area contributed by atoms with Crippen molar-refractivity contribution in [1.29, 1.82) is 0 Å². The van der Waals surface area contributed by atoms with Gasteiger partial charge in [-0.1, -0.05) is 42.5 Å². The van der Waals surface area contributed by atoms with Crippen LogP contribution in [0.4, 0.5) is 4.79 Å². The highest BCUT2D eigenvalue weighted by Gasteiger charge is 2.42. The number of carbonyl (C=O) groups is 4. The normalized spacial score (nSPS) is 14.3. The van der Waals surface area contributed by atoms with Gasteiger partial charge in [-0.15, -0.1) is 0 Å². The zero-order valence-corrected chi connectivity index (χ0v) is 21.5. The van der Waals surface area contributed by atoms with Crippen LogP contribution in [-0.2, 0) is 20.8 Å². The van der Waals surface area contributed by atoms with Crippen LogP contribution < -0.4 is 5.32 Å². The van der Waals surface area contributed by atoms with E-state index in [1.165, 1.54) is 12.1 Å². The summed E-state index contributed by atoms with van der Waals surface area (Å²) in [6.07, 6.45) is 0. The van der Waals surface area contributed by atoms with Gasteiger partial charge in [0.15, 0.2) is 6.04 Å². The van der Waals surface area contributed by atoms with E-state index in [-0.39, 0.29) is 24.3 Å². The number of nitrogens with zero attached hydrogens (tertiary/aromatic N) is 2. The Hall–Kier alpha value is -3.72. The van der Waals surface area contributed by atoms with Crippen LogP contribution in [0.15, 0.2) is 54.6 Å². The quantitative estimate of drug-likeness (QED) is 0.461. The lowest BCUT2D eigenvalue weighted by Crippen LogP contribution is -2.57. The Morgan fingerprint density at radius 3 is 1.89 bits per heavy atom. The lowest BCUT2D eigenvalue weighted by atomic mass is 10.1. The Bertz CT molecular complexity index is 1100. The summed E-state index contributed by atoms with van der Waals surface area (Å²) < 4.78 is 11.2. The van der Waals surface area contributed by atoms with Gasteiger partial charge in [0.2, 0.25) is 0 Å². The zero-order valence-electron chi connectivity index (χ0n) is 21.5. The fraction of sp³-hybridized carbons (Fsp3) is 0.407. The van der Waals surface area contributed by atoms with Gasteiger partial charge in [0.1, 0.15) is 5.60 Å². The van der Waals surface area contributed by atoms with E-state index in [0.717, 1.165) is 10.0 Å². The van der Waals surface area contributed by atoms with Gasteiger partial charge in [0.25, 0.3) is 11.8 Å². The Kier molecular flexibility index (Phi) is 7.83. The molecular formula is C27H33N3O6. The topological polar surface area (TPSA) is 105 Å². The average molecular weight is 496 g/mol. The van der Waals surface area contributed by atoms with E-state index in [0.29, 0.717) is 5.56 Å². The van der Waals surface area contributed by atoms with Gasteiger partial charge in [-0.3, -0.25) is 9.59 Å². The first kappa shape index (κ1) is 26.9. The molecule has 0 aliphatic carbocycles. The lowest BCUT2D eigenvalue weighted by molar-refractivity contribution is -0.160. The highest BCUT2D eigenvalue weighted by molar-refractivity contribution is 6.21. The predicted octanol–water partition coefficient (Wildman–Crippen LogP) is 3.93. The molecule has 0 radical (unpaired) electrons. The van der Waals surface area contributed by atoms with Gasteiger partial charge in [0.05, 0.1) is 29.9 Å². The van der Waals surface area contributed by atoms with Gasteiger partial charge in [0, 0.05) is 0 Å². The number of carbonyl (C=O) groups excluding carboxylic acids is 4. The molecule has 9 heteroatoms. The average Bonchev–Trinajstić information content (AvgIpc) is 3.04. The number of esters is 1. The van der Waals surface area contributed by atoms with Gasteiger partial charge in [-0.2, -0.15) is 5.01 Å². The molecule has 0 saturated carbocycles. The minimum absolute atomic E-state index is 0.0840. The van der Waals surface area contributed by atoms with Crippen LogP contribution >= 0.6 is 0 Å². The van der Waals surface area contributed by atoms with E-state index in [1.54, 1.807) is 57.2 Å². The van der Waals surface area contributed by atoms with Crippen molar-refractivity contribution in [3.05, 3.63) is 71.3 Å². The number of fused-ring (bicyclic) bond motifs is 1. The maximum Gasteiger partial charge on any atom is 0.337 e. The van der Waals surface area contributed by atoms with Gasteiger partial charge in [-0.05, 0) is 59.2 Å². The van der Waals surface area contributed by atoms with E-state index in [2.05, 4.69) is 5.32 Å². The number of ether oxygens (including phenoxy) is 2. The van der Waals surface area contributed by atoms with Crippen molar-refractivity contribution in [1.82, 2.24) is 15.3 Å². The summed E-state index contributed by atoms with van der Waals surface area (Å²) in [4.78, 5) is 52.9. The molecule has 1 aliphatic heterocycles. The summed E-state index contributed by atoms with van der Waals surface area (Å²) in [6, 6.07) is 13.3. The fourth-order valence-corrected chi connectivity index (χ4v) is 3.48. The molecule has 1 heterocycles. The minimum Gasteiger partial charge on any atom is -0.458 e. The largest absolute Gasteiger partial charge is 0.458 e. The molecule has 192 valence electrons. The molecule has 2 aromatic rings. The number of hydrogen-bond donors (Lipinski definition) is 1. The van der Waals surface area contributed by atoms with Crippen molar-refractivity contribution >= 4 is 23.8 Å². The summed E-state index contributed by atoms with van der Waals surface area (Å²) >= 11 is 0. The number of benzene rings is 2. The molecule has 0 fully saturated rings. The van der Waals surface area contributed by atoms with Crippen molar-refractivity contribution in [2.45, 2.75) is 65.3 Å². The molecule has 0 bridgehead atoms. The highest BCUT2D eigenvalue weighted by atomic mass is 16.6. The maximum atomic E-state index is 13.6. The predicted molar refractivity (Wildman–Crippen MR) is 133 cm³/mol. The smallest absolute Gasteiger partial charge is 0.337 e. The Balaban J connectivity index is 1.92. The molecule has 1 aliphatic rings. The number of nitrogens with one attached hydrogen (secondary N) is 1. The van der Waals surface area contributed by atoms with Crippen LogP contribution in [0.5, 0.6) is 0 Å². The molecule has 0 aromatic heterocycles. The Labute approximate surface area is 211 Å². The molecule has 4 amide bonds. The Morgan fingerprint density at radius 1 is 0.861 bits per heavy atom. The minimum atomic E-state index is -1.18. The molecule has 0 saturated heterocycles. The number of rotatable bonds is 7. The summed E-state index contributed by atoms with van der Waals surface area (Å²) in [5.41, 5.74) is -0.295. The van der Waals surface area contributed by atoms with Crippen LogP contribution in [0.1, 0.15) is 67.8 Å². The van der Waals surface area contributed by atoms with Gasteiger partial charge in [-0.25, -0.2) is 14.6 Å². The monoisotopic (exact) mass is 495 g/mol.